The van der Waals surface area contributed by atoms with Crippen molar-refractivity contribution in [3.8, 4) is 5.69 Å². The Morgan fingerprint density at radius 1 is 1.26 bits per heavy atom. The SMILES string of the molecule is C/C=C/C(=O)OCC(=O)c1cc(C)n(-c2ccccc2F)c1C. The zero-order valence-corrected chi connectivity index (χ0v) is 13.3. The minimum absolute atomic E-state index is 0.321. The van der Waals surface area contributed by atoms with E-state index in [4.69, 9.17) is 4.74 Å². The highest BCUT2D eigenvalue weighted by molar-refractivity contribution is 6.00. The second-order valence-electron chi connectivity index (χ2n) is 5.10. The van der Waals surface area contributed by atoms with Gasteiger partial charge in [0.25, 0.3) is 0 Å². The van der Waals surface area contributed by atoms with Crippen LogP contribution in [0.25, 0.3) is 5.69 Å². The quantitative estimate of drug-likeness (QED) is 0.482. The number of benzene rings is 1. The van der Waals surface area contributed by atoms with Crippen LogP contribution in [0.2, 0.25) is 0 Å². The van der Waals surface area contributed by atoms with Gasteiger partial charge in [-0.05, 0) is 39.0 Å². The summed E-state index contributed by atoms with van der Waals surface area (Å²) >= 11 is 0. The van der Waals surface area contributed by atoms with Crippen molar-refractivity contribution in [2.24, 2.45) is 0 Å². The summed E-state index contributed by atoms with van der Waals surface area (Å²) in [5, 5.41) is 0. The number of hydrogen-bond acceptors (Lipinski definition) is 3. The van der Waals surface area contributed by atoms with Crippen LogP contribution >= 0.6 is 0 Å². The molecule has 1 aromatic carbocycles. The highest BCUT2D eigenvalue weighted by atomic mass is 19.1. The summed E-state index contributed by atoms with van der Waals surface area (Å²) in [6.07, 6.45) is 2.78. The minimum atomic E-state index is -0.566. The summed E-state index contributed by atoms with van der Waals surface area (Å²) in [5.74, 6) is -1.25. The summed E-state index contributed by atoms with van der Waals surface area (Å²) in [4.78, 5) is 23.5. The predicted octanol–water partition coefficient (Wildman–Crippen LogP) is 3.54. The van der Waals surface area contributed by atoms with E-state index in [-0.39, 0.29) is 18.2 Å². The largest absolute Gasteiger partial charge is 0.454 e. The lowest BCUT2D eigenvalue weighted by molar-refractivity contribution is -0.136. The number of Topliss-reactive ketones (excluding diaryl/α,β-unsaturated/α-hetero) is 1. The number of hydrogen-bond donors (Lipinski definition) is 0. The third-order valence-corrected chi connectivity index (χ3v) is 3.47. The van der Waals surface area contributed by atoms with Crippen molar-refractivity contribution in [2.75, 3.05) is 6.61 Å². The van der Waals surface area contributed by atoms with E-state index < -0.39 is 5.97 Å². The molecular formula is C18H18FNO3. The molecule has 0 N–H and O–H groups in total. The van der Waals surface area contributed by atoms with Gasteiger partial charge in [0.15, 0.2) is 6.61 Å². The number of carbonyl (C=O) groups excluding carboxylic acids is 2. The zero-order chi connectivity index (χ0) is 17.0. The molecule has 1 aromatic heterocycles. The molecule has 0 radical (unpaired) electrons. The van der Waals surface area contributed by atoms with Crippen molar-refractivity contribution in [1.29, 1.82) is 0 Å². The highest BCUT2D eigenvalue weighted by Gasteiger charge is 2.19. The van der Waals surface area contributed by atoms with E-state index in [2.05, 4.69) is 0 Å². The number of esters is 1. The molecule has 0 aliphatic rings. The average molecular weight is 315 g/mol. The van der Waals surface area contributed by atoms with E-state index in [0.29, 0.717) is 16.9 Å². The van der Waals surface area contributed by atoms with Gasteiger partial charge in [-0.3, -0.25) is 4.79 Å². The van der Waals surface area contributed by atoms with Crippen molar-refractivity contribution in [3.63, 3.8) is 0 Å². The number of aryl methyl sites for hydroxylation is 1. The van der Waals surface area contributed by atoms with Gasteiger partial charge in [-0.2, -0.15) is 0 Å². The molecule has 0 unspecified atom stereocenters. The lowest BCUT2D eigenvalue weighted by Crippen LogP contribution is -2.13. The first-order valence-corrected chi connectivity index (χ1v) is 7.22. The second kappa shape index (κ2) is 7.05. The predicted molar refractivity (Wildman–Crippen MR) is 85.3 cm³/mol. The number of aromatic nitrogens is 1. The smallest absolute Gasteiger partial charge is 0.330 e. The molecule has 0 aliphatic carbocycles. The number of allylic oxidation sites excluding steroid dienone is 1. The van der Waals surface area contributed by atoms with E-state index in [1.54, 1.807) is 49.6 Å². The lowest BCUT2D eigenvalue weighted by Gasteiger charge is -2.10. The maximum atomic E-state index is 14.0. The fraction of sp³-hybridized carbons (Fsp3) is 0.222. The number of halogens is 1. The molecule has 5 heteroatoms. The lowest BCUT2D eigenvalue weighted by atomic mass is 10.1. The van der Waals surface area contributed by atoms with Gasteiger partial charge >= 0.3 is 5.97 Å². The number of ketones is 1. The number of nitrogens with zero attached hydrogens (tertiary/aromatic N) is 1. The van der Waals surface area contributed by atoms with Crippen LogP contribution in [0.1, 0.15) is 28.7 Å². The van der Waals surface area contributed by atoms with Crippen molar-refractivity contribution in [2.45, 2.75) is 20.8 Å². The molecule has 2 aromatic rings. The molecule has 0 amide bonds. The van der Waals surface area contributed by atoms with Gasteiger partial charge in [-0.25, -0.2) is 9.18 Å². The number of rotatable bonds is 5. The Hall–Kier alpha value is -2.69. The van der Waals surface area contributed by atoms with Crippen LogP contribution in [-0.4, -0.2) is 22.9 Å². The second-order valence-corrected chi connectivity index (χ2v) is 5.10. The van der Waals surface area contributed by atoms with Crippen LogP contribution in [-0.2, 0) is 9.53 Å². The Bertz CT molecular complexity index is 775. The Labute approximate surface area is 134 Å². The molecular weight excluding hydrogens is 297 g/mol. The van der Waals surface area contributed by atoms with Gasteiger partial charge in [0.1, 0.15) is 5.82 Å². The standard InChI is InChI=1S/C18H18FNO3/c1-4-7-18(22)23-11-17(21)14-10-12(2)20(13(14)3)16-9-6-5-8-15(16)19/h4-10H,11H2,1-3H3/b7-4+. The fourth-order valence-corrected chi connectivity index (χ4v) is 2.45. The zero-order valence-electron chi connectivity index (χ0n) is 13.3. The average Bonchev–Trinajstić information content (AvgIpc) is 2.81. The molecule has 1 heterocycles. The fourth-order valence-electron chi connectivity index (χ4n) is 2.45. The van der Waals surface area contributed by atoms with E-state index in [9.17, 15) is 14.0 Å². The molecule has 0 saturated carbocycles. The van der Waals surface area contributed by atoms with E-state index >= 15 is 0 Å². The number of ether oxygens (including phenoxy) is 1. The summed E-state index contributed by atoms with van der Waals surface area (Å²) in [5.41, 5.74) is 2.14. The molecule has 2 rings (SSSR count). The van der Waals surface area contributed by atoms with Crippen molar-refractivity contribution in [1.82, 2.24) is 4.57 Å². The van der Waals surface area contributed by atoms with Crippen molar-refractivity contribution < 1.29 is 18.7 Å². The van der Waals surface area contributed by atoms with Crippen LogP contribution in [0.3, 0.4) is 0 Å². The van der Waals surface area contributed by atoms with Gasteiger partial charge in [-0.1, -0.05) is 18.2 Å². The van der Waals surface area contributed by atoms with Gasteiger partial charge < -0.3 is 9.30 Å². The van der Waals surface area contributed by atoms with Gasteiger partial charge in [-0.15, -0.1) is 0 Å². The van der Waals surface area contributed by atoms with Crippen molar-refractivity contribution in [3.05, 3.63) is 65.3 Å². The summed E-state index contributed by atoms with van der Waals surface area (Å²) in [6.45, 7) is 4.87. The number of carbonyl (C=O) groups is 2. The summed E-state index contributed by atoms with van der Waals surface area (Å²) in [7, 11) is 0. The molecule has 120 valence electrons. The maximum Gasteiger partial charge on any atom is 0.330 e. The van der Waals surface area contributed by atoms with Crippen LogP contribution < -0.4 is 0 Å². The highest BCUT2D eigenvalue weighted by Crippen LogP contribution is 2.23. The molecule has 0 spiro atoms. The first-order valence-electron chi connectivity index (χ1n) is 7.22. The molecule has 0 bridgehead atoms. The molecule has 0 aliphatic heterocycles. The normalized spacial score (nSPS) is 11.0. The van der Waals surface area contributed by atoms with Gasteiger partial charge in [0, 0.05) is 23.0 Å². The van der Waals surface area contributed by atoms with Gasteiger partial charge in [0.2, 0.25) is 5.78 Å². The van der Waals surface area contributed by atoms with E-state index in [1.807, 2.05) is 0 Å². The number of para-hydroxylation sites is 1. The first-order chi connectivity index (χ1) is 11.0. The minimum Gasteiger partial charge on any atom is -0.454 e. The summed E-state index contributed by atoms with van der Waals surface area (Å²) < 4.78 is 20.6. The maximum absolute atomic E-state index is 14.0. The molecule has 23 heavy (non-hydrogen) atoms. The molecule has 4 nitrogen and oxygen atoms in total. The molecule has 0 saturated heterocycles. The Kier molecular flexibility index (Phi) is 5.11. The van der Waals surface area contributed by atoms with Crippen molar-refractivity contribution >= 4 is 11.8 Å². The van der Waals surface area contributed by atoms with Crippen LogP contribution in [0.4, 0.5) is 4.39 Å². The third kappa shape index (κ3) is 3.56. The molecule has 0 atom stereocenters. The van der Waals surface area contributed by atoms with Crippen LogP contribution in [0.15, 0.2) is 42.5 Å². The monoisotopic (exact) mass is 315 g/mol. The summed E-state index contributed by atoms with van der Waals surface area (Å²) in [6, 6.07) is 8.04. The van der Waals surface area contributed by atoms with E-state index in [0.717, 1.165) is 5.69 Å². The van der Waals surface area contributed by atoms with E-state index in [1.165, 1.54) is 18.2 Å². The topological polar surface area (TPSA) is 48.3 Å². The Morgan fingerprint density at radius 3 is 2.61 bits per heavy atom. The van der Waals surface area contributed by atoms with Crippen LogP contribution in [0, 0.1) is 19.7 Å². The Morgan fingerprint density at radius 2 is 1.96 bits per heavy atom. The van der Waals surface area contributed by atoms with Crippen LogP contribution in [0.5, 0.6) is 0 Å². The first kappa shape index (κ1) is 16.7. The Balaban J connectivity index is 2.29. The van der Waals surface area contributed by atoms with Gasteiger partial charge in [0.05, 0.1) is 5.69 Å². The molecule has 0 fully saturated rings. The third-order valence-electron chi connectivity index (χ3n) is 3.47.